The zero-order valence-electron chi connectivity index (χ0n) is 14.1. The van der Waals surface area contributed by atoms with Crippen LogP contribution in [-0.4, -0.2) is 18.0 Å². The van der Waals surface area contributed by atoms with Crippen molar-refractivity contribution in [2.45, 2.75) is 6.42 Å². The summed E-state index contributed by atoms with van der Waals surface area (Å²) >= 11 is 7.46. The number of ether oxygens (including phenoxy) is 1. The number of carbonyl (C=O) groups is 1. The third-order valence-corrected chi connectivity index (χ3v) is 4.74. The van der Waals surface area contributed by atoms with Crippen molar-refractivity contribution in [1.29, 1.82) is 0 Å². The van der Waals surface area contributed by atoms with Crippen LogP contribution in [0.25, 0.3) is 6.08 Å². The Morgan fingerprint density at radius 3 is 2.81 bits per heavy atom. The molecule has 1 heterocycles. The molecule has 1 N–H and O–H groups in total. The highest BCUT2D eigenvalue weighted by atomic mass is 35.5. The minimum absolute atomic E-state index is 0.218. The number of benzene rings is 2. The minimum Gasteiger partial charge on any atom is -0.497 e. The fourth-order valence-corrected chi connectivity index (χ4v) is 3.39. The van der Waals surface area contributed by atoms with E-state index in [-0.39, 0.29) is 5.91 Å². The first kappa shape index (κ1) is 18.2. The highest BCUT2D eigenvalue weighted by Crippen LogP contribution is 2.22. The van der Waals surface area contributed by atoms with E-state index in [0.29, 0.717) is 10.2 Å². The predicted molar refractivity (Wildman–Crippen MR) is 107 cm³/mol. The maximum atomic E-state index is 12.0. The molecule has 1 amide bonds. The van der Waals surface area contributed by atoms with Crippen LogP contribution < -0.4 is 10.1 Å². The largest absolute Gasteiger partial charge is 0.497 e. The Balaban J connectivity index is 1.57. The first-order valence-corrected chi connectivity index (χ1v) is 9.14. The number of hydrogen-bond donors (Lipinski definition) is 1. The number of hydrogen-bond acceptors (Lipinski definition) is 4. The number of amides is 1. The lowest BCUT2D eigenvalue weighted by molar-refractivity contribution is -0.111. The molecule has 0 aliphatic heterocycles. The van der Waals surface area contributed by atoms with E-state index >= 15 is 0 Å². The van der Waals surface area contributed by atoms with Crippen molar-refractivity contribution in [3.63, 3.8) is 0 Å². The van der Waals surface area contributed by atoms with E-state index in [1.165, 1.54) is 17.4 Å². The molecule has 26 heavy (non-hydrogen) atoms. The summed E-state index contributed by atoms with van der Waals surface area (Å²) in [5.41, 5.74) is 2.03. The van der Waals surface area contributed by atoms with Gasteiger partial charge in [0.15, 0.2) is 5.13 Å². The Labute approximate surface area is 161 Å². The van der Waals surface area contributed by atoms with Crippen LogP contribution in [0.1, 0.15) is 16.0 Å². The molecule has 0 atom stereocenters. The third-order valence-electron chi connectivity index (χ3n) is 3.59. The highest BCUT2D eigenvalue weighted by Gasteiger charge is 2.06. The number of aromatic nitrogens is 1. The summed E-state index contributed by atoms with van der Waals surface area (Å²) in [7, 11) is 1.62. The van der Waals surface area contributed by atoms with Gasteiger partial charge in [0.2, 0.25) is 5.91 Å². The van der Waals surface area contributed by atoms with Gasteiger partial charge in [0, 0.05) is 28.6 Å². The molecule has 0 aliphatic carbocycles. The molecule has 1 aromatic heterocycles. The number of rotatable bonds is 6. The topological polar surface area (TPSA) is 51.2 Å². The summed E-state index contributed by atoms with van der Waals surface area (Å²) in [5, 5.41) is 4.07. The van der Waals surface area contributed by atoms with Crippen LogP contribution in [0.4, 0.5) is 5.13 Å². The molecule has 0 saturated heterocycles. The van der Waals surface area contributed by atoms with Crippen molar-refractivity contribution in [3.05, 3.63) is 81.8 Å². The number of thiazole rings is 1. The molecule has 0 spiro atoms. The molecule has 3 aromatic rings. The second-order valence-corrected chi connectivity index (χ2v) is 7.09. The van der Waals surface area contributed by atoms with Crippen molar-refractivity contribution < 1.29 is 9.53 Å². The number of carbonyl (C=O) groups excluding carboxylic acids is 1. The monoisotopic (exact) mass is 384 g/mol. The van der Waals surface area contributed by atoms with Crippen LogP contribution >= 0.6 is 22.9 Å². The maximum absolute atomic E-state index is 12.0. The standard InChI is InChI=1S/C20H17ClN2O2S/c1-25-17-8-5-14(6-9-17)7-10-19(24)23-20-22-13-18(26-20)12-15-3-2-4-16(21)11-15/h2-11,13H,12H2,1H3,(H,22,23,24). The number of methoxy groups -OCH3 is 1. The number of halogens is 1. The number of nitrogens with zero attached hydrogens (tertiary/aromatic N) is 1. The van der Waals surface area contributed by atoms with Gasteiger partial charge in [-0.05, 0) is 41.5 Å². The van der Waals surface area contributed by atoms with Gasteiger partial charge in [0.05, 0.1) is 7.11 Å². The van der Waals surface area contributed by atoms with E-state index in [1.807, 2.05) is 48.5 Å². The van der Waals surface area contributed by atoms with Crippen LogP contribution in [0.5, 0.6) is 5.75 Å². The van der Waals surface area contributed by atoms with Gasteiger partial charge in [-0.15, -0.1) is 11.3 Å². The van der Waals surface area contributed by atoms with Gasteiger partial charge in [-0.1, -0.05) is 35.9 Å². The third kappa shape index (κ3) is 5.18. The van der Waals surface area contributed by atoms with Gasteiger partial charge in [-0.2, -0.15) is 0 Å². The summed E-state index contributed by atoms with van der Waals surface area (Å²) in [6.45, 7) is 0. The lowest BCUT2D eigenvalue weighted by Gasteiger charge is -1.99. The van der Waals surface area contributed by atoms with E-state index in [0.717, 1.165) is 28.2 Å². The Hall–Kier alpha value is -2.63. The van der Waals surface area contributed by atoms with Crippen molar-refractivity contribution in [2.75, 3.05) is 12.4 Å². The molecule has 4 nitrogen and oxygen atoms in total. The molecular weight excluding hydrogens is 368 g/mol. The first-order chi connectivity index (χ1) is 12.6. The lowest BCUT2D eigenvalue weighted by atomic mass is 10.1. The van der Waals surface area contributed by atoms with Gasteiger partial charge >= 0.3 is 0 Å². The van der Waals surface area contributed by atoms with Crippen molar-refractivity contribution in [3.8, 4) is 5.75 Å². The van der Waals surface area contributed by atoms with E-state index in [2.05, 4.69) is 10.3 Å². The van der Waals surface area contributed by atoms with Gasteiger partial charge < -0.3 is 4.74 Å². The molecular formula is C20H17ClN2O2S. The van der Waals surface area contributed by atoms with Gasteiger partial charge in [-0.25, -0.2) is 4.98 Å². The van der Waals surface area contributed by atoms with E-state index in [4.69, 9.17) is 16.3 Å². The maximum Gasteiger partial charge on any atom is 0.250 e. The quantitative estimate of drug-likeness (QED) is 0.605. The Bertz CT molecular complexity index is 920. The zero-order valence-corrected chi connectivity index (χ0v) is 15.7. The molecule has 0 fully saturated rings. The fourth-order valence-electron chi connectivity index (χ4n) is 2.33. The summed E-state index contributed by atoms with van der Waals surface area (Å²) < 4.78 is 5.11. The molecule has 132 valence electrons. The number of nitrogens with one attached hydrogen (secondary N) is 1. The zero-order chi connectivity index (χ0) is 18.4. The molecule has 3 rings (SSSR count). The van der Waals surface area contributed by atoms with E-state index in [1.54, 1.807) is 19.4 Å². The molecule has 6 heteroatoms. The van der Waals surface area contributed by atoms with Crippen LogP contribution in [-0.2, 0) is 11.2 Å². The first-order valence-electron chi connectivity index (χ1n) is 7.94. The van der Waals surface area contributed by atoms with Crippen molar-refractivity contribution in [2.24, 2.45) is 0 Å². The average molecular weight is 385 g/mol. The van der Waals surface area contributed by atoms with Crippen LogP contribution in [0.15, 0.2) is 60.8 Å². The molecule has 2 aromatic carbocycles. The average Bonchev–Trinajstić information content (AvgIpc) is 3.07. The Morgan fingerprint density at radius 2 is 2.08 bits per heavy atom. The summed E-state index contributed by atoms with van der Waals surface area (Å²) in [4.78, 5) is 17.4. The lowest BCUT2D eigenvalue weighted by Crippen LogP contribution is -2.07. The van der Waals surface area contributed by atoms with Crippen LogP contribution in [0.2, 0.25) is 5.02 Å². The van der Waals surface area contributed by atoms with Crippen molar-refractivity contribution in [1.82, 2.24) is 4.98 Å². The van der Waals surface area contributed by atoms with Gasteiger partial charge in [0.25, 0.3) is 0 Å². The Morgan fingerprint density at radius 1 is 1.27 bits per heavy atom. The molecule has 0 aliphatic rings. The smallest absolute Gasteiger partial charge is 0.250 e. The van der Waals surface area contributed by atoms with Gasteiger partial charge in [0.1, 0.15) is 5.75 Å². The highest BCUT2D eigenvalue weighted by molar-refractivity contribution is 7.15. The molecule has 0 saturated carbocycles. The summed E-state index contributed by atoms with van der Waals surface area (Å²) in [6.07, 6.45) is 5.74. The van der Waals surface area contributed by atoms with Gasteiger partial charge in [-0.3, -0.25) is 10.1 Å². The SMILES string of the molecule is COc1ccc(C=CC(=O)Nc2ncc(Cc3cccc(Cl)c3)s2)cc1. The Kier molecular flexibility index (Phi) is 6.04. The normalized spacial score (nSPS) is 10.8. The van der Waals surface area contributed by atoms with E-state index in [9.17, 15) is 4.79 Å². The van der Waals surface area contributed by atoms with Crippen LogP contribution in [0, 0.1) is 0 Å². The molecule has 0 radical (unpaired) electrons. The molecule has 0 bridgehead atoms. The fraction of sp³-hybridized carbons (Fsp3) is 0.100. The van der Waals surface area contributed by atoms with Crippen molar-refractivity contribution >= 4 is 40.1 Å². The summed E-state index contributed by atoms with van der Waals surface area (Å²) in [6, 6.07) is 15.2. The van der Waals surface area contributed by atoms with E-state index < -0.39 is 0 Å². The second kappa shape index (κ2) is 8.65. The number of anilines is 1. The second-order valence-electron chi connectivity index (χ2n) is 5.53. The minimum atomic E-state index is -0.218. The predicted octanol–water partition coefficient (Wildman–Crippen LogP) is 5.05. The van der Waals surface area contributed by atoms with Crippen LogP contribution in [0.3, 0.4) is 0 Å². The molecule has 0 unspecified atom stereocenters. The summed E-state index contributed by atoms with van der Waals surface area (Å²) in [5.74, 6) is 0.561.